The minimum Gasteiger partial charge on any atom is -0.121 e. The average Bonchev–Trinajstić information content (AvgIpc) is 3.13. The molecule has 6 aromatic carbocycles. The van der Waals surface area contributed by atoms with Gasteiger partial charge in [0.15, 0.2) is 0 Å². The van der Waals surface area contributed by atoms with Crippen LogP contribution in [0, 0.1) is 5.41 Å². The molecule has 0 amide bonds. The molecule has 0 saturated carbocycles. The molecule has 2 atom stereocenters. The molecule has 234 valence electrons. The Hall–Kier alpha value is -2.34. The van der Waals surface area contributed by atoms with E-state index >= 15 is 0 Å². The molecule has 0 aromatic heterocycles. The van der Waals surface area contributed by atoms with Crippen LogP contribution >= 0.6 is 56.5 Å². The Morgan fingerprint density at radius 3 is 1.13 bits per heavy atom. The van der Waals surface area contributed by atoms with E-state index in [1.165, 1.54) is 32.3 Å². The van der Waals surface area contributed by atoms with Crippen molar-refractivity contribution in [1.29, 1.82) is 0 Å². The Morgan fingerprint density at radius 2 is 0.809 bits per heavy atom. The second-order valence-electron chi connectivity index (χ2n) is 12.0. The number of rotatable bonds is 11. The third-order valence-corrected chi connectivity index (χ3v) is 24.2. The summed E-state index contributed by atoms with van der Waals surface area (Å²) in [6.45, 7) is 2.63. The van der Waals surface area contributed by atoms with Gasteiger partial charge in [-0.25, -0.2) is 0 Å². The minimum absolute atomic E-state index is 0.159. The molecule has 1 aliphatic rings. The third-order valence-electron chi connectivity index (χ3n) is 9.25. The summed E-state index contributed by atoms with van der Waals surface area (Å²) in [6.07, 6.45) is 1.02. The Balaban J connectivity index is 1.55. The van der Waals surface area contributed by atoms with Crippen molar-refractivity contribution < 1.29 is 0 Å². The molecular formula is C41H37P3S3. The SMILES string of the molecule is CC(CP(c1ccccc1)c1ccccc1)(C(P)(c1ccccc1)c1ccccc1)C1(P(c2ccccc2)c2ccccc2)SSS1. The molecule has 0 N–H and O–H groups in total. The fraction of sp³-hybridized carbons (Fsp3) is 0.122. The summed E-state index contributed by atoms with van der Waals surface area (Å²) >= 11 is 0. The van der Waals surface area contributed by atoms with Gasteiger partial charge in [-0.3, -0.25) is 0 Å². The van der Waals surface area contributed by atoms with Crippen LogP contribution in [-0.4, -0.2) is 9.98 Å². The van der Waals surface area contributed by atoms with Gasteiger partial charge in [-0.15, -0.1) is 9.24 Å². The lowest BCUT2D eigenvalue weighted by atomic mass is 9.70. The van der Waals surface area contributed by atoms with Gasteiger partial charge in [-0.2, -0.15) is 0 Å². The lowest BCUT2D eigenvalue weighted by Crippen LogP contribution is -2.57. The summed E-state index contributed by atoms with van der Waals surface area (Å²) in [6, 6.07) is 67.9. The predicted octanol–water partition coefficient (Wildman–Crippen LogP) is 10.8. The highest BCUT2D eigenvalue weighted by molar-refractivity contribution is 9.19. The van der Waals surface area contributed by atoms with Crippen molar-refractivity contribution in [2.45, 2.75) is 15.9 Å². The van der Waals surface area contributed by atoms with Gasteiger partial charge in [0.1, 0.15) is 3.82 Å². The Kier molecular flexibility index (Phi) is 10.3. The highest BCUT2D eigenvalue weighted by Gasteiger charge is 2.68. The van der Waals surface area contributed by atoms with Gasteiger partial charge in [0.25, 0.3) is 0 Å². The molecule has 0 spiro atoms. The predicted molar refractivity (Wildman–Crippen MR) is 220 cm³/mol. The lowest BCUT2D eigenvalue weighted by molar-refractivity contribution is 0.309. The summed E-state index contributed by atoms with van der Waals surface area (Å²) in [4.78, 5) is 0. The summed E-state index contributed by atoms with van der Waals surface area (Å²) in [7, 11) is 8.16. The quantitative estimate of drug-likeness (QED) is 0.0967. The van der Waals surface area contributed by atoms with Crippen LogP contribution < -0.4 is 21.2 Å². The highest BCUT2D eigenvalue weighted by atomic mass is 33.5. The first-order valence-electron chi connectivity index (χ1n) is 15.8. The molecular weight excluding hydrogens is 682 g/mol. The largest absolute Gasteiger partial charge is 0.121 e. The Bertz CT molecular complexity index is 1740. The van der Waals surface area contributed by atoms with Gasteiger partial charge in [0.2, 0.25) is 0 Å². The zero-order chi connectivity index (χ0) is 32.2. The molecule has 1 saturated heterocycles. The van der Waals surface area contributed by atoms with E-state index in [9.17, 15) is 0 Å². The van der Waals surface area contributed by atoms with Gasteiger partial charge < -0.3 is 0 Å². The fourth-order valence-electron chi connectivity index (χ4n) is 6.79. The van der Waals surface area contributed by atoms with Crippen LogP contribution in [0.5, 0.6) is 0 Å². The highest BCUT2D eigenvalue weighted by Crippen LogP contribution is 2.86. The maximum absolute atomic E-state index is 3.51. The van der Waals surface area contributed by atoms with Crippen LogP contribution in [-0.2, 0) is 5.16 Å². The third kappa shape index (κ3) is 6.19. The van der Waals surface area contributed by atoms with Crippen LogP contribution in [0.3, 0.4) is 0 Å². The second kappa shape index (κ2) is 14.6. The van der Waals surface area contributed by atoms with Crippen molar-refractivity contribution in [3.8, 4) is 0 Å². The molecule has 0 radical (unpaired) electrons. The summed E-state index contributed by atoms with van der Waals surface area (Å²) in [5.41, 5.74) is 2.41. The zero-order valence-corrected chi connectivity index (χ0v) is 31.6. The van der Waals surface area contributed by atoms with Gasteiger partial charge in [0, 0.05) is 10.6 Å². The first-order valence-corrected chi connectivity index (χ1v) is 22.7. The molecule has 0 bridgehead atoms. The molecule has 1 fully saturated rings. The average molecular weight is 719 g/mol. The number of benzene rings is 6. The van der Waals surface area contributed by atoms with E-state index < -0.39 is 21.0 Å². The molecule has 2 unspecified atom stereocenters. The van der Waals surface area contributed by atoms with E-state index in [2.05, 4.69) is 220 Å². The zero-order valence-electron chi connectivity index (χ0n) is 26.2. The van der Waals surface area contributed by atoms with Crippen LogP contribution in [0.2, 0.25) is 0 Å². The molecule has 47 heavy (non-hydrogen) atoms. The van der Waals surface area contributed by atoms with Crippen molar-refractivity contribution in [3.63, 3.8) is 0 Å². The fourth-order valence-corrected chi connectivity index (χ4v) is 23.2. The molecule has 6 aromatic rings. The molecule has 0 nitrogen and oxygen atoms in total. The van der Waals surface area contributed by atoms with E-state index in [0.29, 0.717) is 0 Å². The van der Waals surface area contributed by atoms with Crippen LogP contribution in [0.1, 0.15) is 18.1 Å². The first-order chi connectivity index (χ1) is 23.1. The van der Waals surface area contributed by atoms with Gasteiger partial charge >= 0.3 is 0 Å². The summed E-state index contributed by atoms with van der Waals surface area (Å²) in [5.74, 6) is 0. The van der Waals surface area contributed by atoms with E-state index in [4.69, 9.17) is 0 Å². The van der Waals surface area contributed by atoms with Crippen molar-refractivity contribution >= 4 is 77.7 Å². The summed E-state index contributed by atoms with van der Waals surface area (Å²) < 4.78 is -0.159. The maximum Gasteiger partial charge on any atom is 0.118 e. The Morgan fingerprint density at radius 1 is 0.489 bits per heavy atom. The van der Waals surface area contributed by atoms with Crippen LogP contribution in [0.15, 0.2) is 182 Å². The second-order valence-corrected chi connectivity index (χ2v) is 22.6. The monoisotopic (exact) mass is 718 g/mol. The van der Waals surface area contributed by atoms with Crippen LogP contribution in [0.25, 0.3) is 0 Å². The van der Waals surface area contributed by atoms with Gasteiger partial charge in [0.05, 0.1) is 0 Å². The van der Waals surface area contributed by atoms with Crippen molar-refractivity contribution in [2.75, 3.05) is 6.16 Å². The number of hydrogen-bond acceptors (Lipinski definition) is 3. The van der Waals surface area contributed by atoms with Crippen molar-refractivity contribution in [1.82, 2.24) is 0 Å². The van der Waals surface area contributed by atoms with E-state index in [1.807, 2.05) is 9.83 Å². The van der Waals surface area contributed by atoms with Crippen LogP contribution in [0.4, 0.5) is 0 Å². The van der Waals surface area contributed by atoms with Crippen molar-refractivity contribution in [3.05, 3.63) is 193 Å². The normalized spacial score (nSPS) is 15.6. The van der Waals surface area contributed by atoms with Crippen molar-refractivity contribution in [2.24, 2.45) is 5.41 Å². The topological polar surface area (TPSA) is 0 Å². The lowest BCUT2D eigenvalue weighted by Gasteiger charge is -2.63. The smallest absolute Gasteiger partial charge is 0.118 e. The standard InChI is InChI=1S/C41H37P3S3/c1-39(32-43(35-24-12-4-13-25-35)36-26-14-5-15-27-36,40(42,33-20-8-2-9-21-33)34-22-10-3-11-23-34)41(45-47-46-41)44(37-28-16-6-17-29-37)38-30-18-7-19-31-38/h2-31H,32,42H2,1H3. The van der Waals surface area contributed by atoms with E-state index in [-0.39, 0.29) is 9.24 Å². The van der Waals surface area contributed by atoms with E-state index in [1.54, 1.807) is 0 Å². The summed E-state index contributed by atoms with van der Waals surface area (Å²) in [5, 5.41) is 5.31. The number of hydrogen-bond donors (Lipinski definition) is 0. The minimum atomic E-state index is -0.809. The molecule has 6 heteroatoms. The molecule has 1 aliphatic heterocycles. The first kappa shape index (κ1) is 33.2. The molecule has 7 rings (SSSR count). The van der Waals surface area contributed by atoms with E-state index in [0.717, 1.165) is 6.16 Å². The molecule has 0 aliphatic carbocycles. The maximum atomic E-state index is 3.51. The Labute approximate surface area is 296 Å². The van der Waals surface area contributed by atoms with Gasteiger partial charge in [-0.05, 0) is 64.2 Å². The molecule has 1 heterocycles. The van der Waals surface area contributed by atoms with Gasteiger partial charge in [-0.1, -0.05) is 211 Å².